The molecule has 1 atom stereocenters. The van der Waals surface area contributed by atoms with Crippen LogP contribution in [0, 0.1) is 0 Å². The first kappa shape index (κ1) is 13.5. The van der Waals surface area contributed by atoms with Crippen LogP contribution in [0.4, 0.5) is 5.95 Å². The highest BCUT2D eigenvalue weighted by Gasteiger charge is 2.10. The van der Waals surface area contributed by atoms with Gasteiger partial charge in [-0.25, -0.2) is 4.98 Å². The zero-order valence-corrected chi connectivity index (χ0v) is 12.0. The van der Waals surface area contributed by atoms with Crippen LogP contribution in [0.3, 0.4) is 0 Å². The molecule has 102 valence electrons. The second-order valence-corrected chi connectivity index (χ2v) is 4.86. The van der Waals surface area contributed by atoms with Crippen LogP contribution in [0.25, 0.3) is 0 Å². The van der Waals surface area contributed by atoms with E-state index in [-0.39, 0.29) is 6.04 Å². The predicted octanol–water partition coefficient (Wildman–Crippen LogP) is 1.73. The monoisotopic (exact) mass is 259 g/mol. The second-order valence-electron chi connectivity index (χ2n) is 4.86. The van der Waals surface area contributed by atoms with Gasteiger partial charge >= 0.3 is 0 Å². The fourth-order valence-corrected chi connectivity index (χ4v) is 2.01. The zero-order valence-electron chi connectivity index (χ0n) is 12.0. The Bertz CT molecular complexity index is 518. The summed E-state index contributed by atoms with van der Waals surface area (Å²) in [6.07, 6.45) is 3.73. The molecule has 0 aliphatic carbocycles. The number of imidazole rings is 1. The van der Waals surface area contributed by atoms with Crippen LogP contribution in [0.5, 0.6) is 0 Å². The number of pyridine rings is 1. The van der Waals surface area contributed by atoms with Gasteiger partial charge in [-0.3, -0.25) is 4.98 Å². The maximum atomic E-state index is 4.40. The minimum Gasteiger partial charge on any atom is -0.348 e. The SMILES string of the molecule is C[C@H](NCc1cnc(N(C)C)n1C)c1ccccn1. The molecule has 5 nitrogen and oxygen atoms in total. The Morgan fingerprint density at radius 3 is 2.68 bits per heavy atom. The largest absolute Gasteiger partial charge is 0.348 e. The van der Waals surface area contributed by atoms with E-state index >= 15 is 0 Å². The van der Waals surface area contributed by atoms with Crippen molar-refractivity contribution in [3.63, 3.8) is 0 Å². The van der Waals surface area contributed by atoms with Crippen molar-refractivity contribution in [2.45, 2.75) is 19.5 Å². The van der Waals surface area contributed by atoms with Crippen molar-refractivity contribution in [2.75, 3.05) is 19.0 Å². The summed E-state index contributed by atoms with van der Waals surface area (Å²) < 4.78 is 2.10. The summed E-state index contributed by atoms with van der Waals surface area (Å²) in [6, 6.07) is 6.20. The van der Waals surface area contributed by atoms with E-state index in [0.29, 0.717) is 0 Å². The molecule has 0 bridgehead atoms. The molecule has 2 aromatic rings. The molecule has 2 aromatic heterocycles. The minimum atomic E-state index is 0.221. The van der Waals surface area contributed by atoms with Crippen LogP contribution in [-0.2, 0) is 13.6 Å². The lowest BCUT2D eigenvalue weighted by molar-refractivity contribution is 0.546. The van der Waals surface area contributed by atoms with Gasteiger partial charge in [0.1, 0.15) is 0 Å². The van der Waals surface area contributed by atoms with Crippen LogP contribution in [-0.4, -0.2) is 28.6 Å². The molecule has 0 spiro atoms. The zero-order chi connectivity index (χ0) is 13.8. The summed E-state index contributed by atoms with van der Waals surface area (Å²) in [4.78, 5) is 10.8. The predicted molar refractivity (Wildman–Crippen MR) is 77.0 cm³/mol. The van der Waals surface area contributed by atoms with Crippen molar-refractivity contribution >= 4 is 5.95 Å². The molecule has 2 rings (SSSR count). The van der Waals surface area contributed by atoms with E-state index in [1.165, 1.54) is 0 Å². The normalized spacial score (nSPS) is 12.4. The topological polar surface area (TPSA) is 46.0 Å². The van der Waals surface area contributed by atoms with Crippen LogP contribution < -0.4 is 10.2 Å². The fourth-order valence-electron chi connectivity index (χ4n) is 2.01. The lowest BCUT2D eigenvalue weighted by Gasteiger charge is -2.15. The van der Waals surface area contributed by atoms with E-state index in [2.05, 4.69) is 26.8 Å². The van der Waals surface area contributed by atoms with Crippen LogP contribution in [0.1, 0.15) is 24.4 Å². The molecule has 0 unspecified atom stereocenters. The third-order valence-electron chi connectivity index (χ3n) is 3.18. The first-order valence-corrected chi connectivity index (χ1v) is 6.42. The molecule has 2 heterocycles. The highest BCUT2D eigenvalue weighted by atomic mass is 15.3. The van der Waals surface area contributed by atoms with Gasteiger partial charge in [0.05, 0.1) is 17.6 Å². The number of nitrogens with one attached hydrogen (secondary N) is 1. The van der Waals surface area contributed by atoms with Gasteiger partial charge in [0.15, 0.2) is 0 Å². The molecule has 0 amide bonds. The molecule has 0 saturated carbocycles. The Balaban J connectivity index is 1.99. The van der Waals surface area contributed by atoms with Gasteiger partial charge in [-0.1, -0.05) is 6.07 Å². The molecule has 0 saturated heterocycles. The van der Waals surface area contributed by atoms with Gasteiger partial charge in [-0.05, 0) is 19.1 Å². The van der Waals surface area contributed by atoms with E-state index in [4.69, 9.17) is 0 Å². The van der Waals surface area contributed by atoms with E-state index in [9.17, 15) is 0 Å². The standard InChI is InChI=1S/C14H21N5/c1-11(13-7-5-6-8-15-13)16-9-12-10-17-14(18(2)3)19(12)4/h5-8,10-11,16H,9H2,1-4H3/t11-/m0/s1. The van der Waals surface area contributed by atoms with Gasteiger partial charge in [0, 0.05) is 39.9 Å². The molecule has 0 aromatic carbocycles. The number of nitrogens with zero attached hydrogens (tertiary/aromatic N) is 4. The summed E-state index contributed by atoms with van der Waals surface area (Å²) in [5.74, 6) is 0.960. The molecule has 5 heteroatoms. The van der Waals surface area contributed by atoms with Crippen molar-refractivity contribution in [3.05, 3.63) is 42.0 Å². The van der Waals surface area contributed by atoms with Gasteiger partial charge in [-0.2, -0.15) is 0 Å². The van der Waals surface area contributed by atoms with Crippen molar-refractivity contribution < 1.29 is 0 Å². The Morgan fingerprint density at radius 2 is 2.11 bits per heavy atom. The number of anilines is 1. The average molecular weight is 259 g/mol. The maximum Gasteiger partial charge on any atom is 0.204 e. The van der Waals surface area contributed by atoms with Gasteiger partial charge in [0.25, 0.3) is 0 Å². The summed E-state index contributed by atoms with van der Waals surface area (Å²) in [7, 11) is 6.02. The van der Waals surface area contributed by atoms with E-state index in [1.54, 1.807) is 0 Å². The average Bonchev–Trinajstić information content (AvgIpc) is 2.78. The summed E-state index contributed by atoms with van der Waals surface area (Å²) >= 11 is 0. The lowest BCUT2D eigenvalue weighted by Crippen LogP contribution is -2.21. The summed E-state index contributed by atoms with van der Waals surface area (Å²) in [6.45, 7) is 2.89. The second kappa shape index (κ2) is 5.84. The molecule has 0 radical (unpaired) electrons. The summed E-state index contributed by atoms with van der Waals surface area (Å²) in [5, 5.41) is 3.47. The minimum absolute atomic E-state index is 0.221. The third kappa shape index (κ3) is 3.12. The Hall–Kier alpha value is -1.88. The molecular formula is C14H21N5. The van der Waals surface area contributed by atoms with Crippen molar-refractivity contribution in [3.8, 4) is 0 Å². The number of hydrogen-bond acceptors (Lipinski definition) is 4. The van der Waals surface area contributed by atoms with Gasteiger partial charge in [0.2, 0.25) is 5.95 Å². The first-order chi connectivity index (χ1) is 9.09. The summed E-state index contributed by atoms with van der Waals surface area (Å²) in [5.41, 5.74) is 2.21. The fraction of sp³-hybridized carbons (Fsp3) is 0.429. The highest BCUT2D eigenvalue weighted by molar-refractivity contribution is 5.30. The van der Waals surface area contributed by atoms with Crippen molar-refractivity contribution in [2.24, 2.45) is 7.05 Å². The molecular weight excluding hydrogens is 238 g/mol. The number of hydrogen-bond donors (Lipinski definition) is 1. The number of rotatable bonds is 5. The van der Waals surface area contributed by atoms with Gasteiger partial charge in [-0.15, -0.1) is 0 Å². The molecule has 0 aliphatic heterocycles. The lowest BCUT2D eigenvalue weighted by atomic mass is 10.2. The van der Waals surface area contributed by atoms with E-state index in [0.717, 1.165) is 23.9 Å². The molecule has 1 N–H and O–H groups in total. The first-order valence-electron chi connectivity index (χ1n) is 6.42. The van der Waals surface area contributed by atoms with Crippen LogP contribution in [0.2, 0.25) is 0 Å². The van der Waals surface area contributed by atoms with Crippen molar-refractivity contribution in [1.82, 2.24) is 19.9 Å². The smallest absolute Gasteiger partial charge is 0.204 e. The quantitative estimate of drug-likeness (QED) is 0.888. The molecule has 0 aliphatic rings. The highest BCUT2D eigenvalue weighted by Crippen LogP contribution is 2.13. The van der Waals surface area contributed by atoms with Gasteiger partial charge < -0.3 is 14.8 Å². The van der Waals surface area contributed by atoms with Crippen LogP contribution >= 0.6 is 0 Å². The Morgan fingerprint density at radius 1 is 1.32 bits per heavy atom. The van der Waals surface area contributed by atoms with E-state index < -0.39 is 0 Å². The number of aromatic nitrogens is 3. The van der Waals surface area contributed by atoms with Crippen LogP contribution in [0.15, 0.2) is 30.6 Å². The van der Waals surface area contributed by atoms with Crippen molar-refractivity contribution in [1.29, 1.82) is 0 Å². The maximum absolute atomic E-state index is 4.40. The molecule has 19 heavy (non-hydrogen) atoms. The van der Waals surface area contributed by atoms with E-state index in [1.807, 2.05) is 56.6 Å². The molecule has 0 fully saturated rings. The Kier molecular flexibility index (Phi) is 4.16. The third-order valence-corrected chi connectivity index (χ3v) is 3.18. The Labute approximate surface area is 114 Å².